The predicted octanol–water partition coefficient (Wildman–Crippen LogP) is 2.26. The molecule has 6 nitrogen and oxygen atoms in total. The van der Waals surface area contributed by atoms with E-state index in [-0.39, 0.29) is 5.91 Å². The maximum Gasteiger partial charge on any atom is 0.227 e. The monoisotopic (exact) mass is 332 g/mol. The van der Waals surface area contributed by atoms with E-state index in [0.29, 0.717) is 30.7 Å². The molecule has 0 bridgehead atoms. The molecule has 0 radical (unpaired) electrons. The summed E-state index contributed by atoms with van der Waals surface area (Å²) in [6, 6.07) is 0.309. The summed E-state index contributed by atoms with van der Waals surface area (Å²) < 4.78 is 5.23. The maximum absolute atomic E-state index is 12.2. The minimum absolute atomic E-state index is 0.105. The van der Waals surface area contributed by atoms with E-state index < -0.39 is 0 Å². The Balaban J connectivity index is 1.16. The number of hydrogen-bond acceptors (Lipinski definition) is 5. The lowest BCUT2D eigenvalue weighted by atomic mass is 10.1. The smallest absolute Gasteiger partial charge is 0.227 e. The molecule has 0 unspecified atom stereocenters. The zero-order chi connectivity index (χ0) is 16.4. The second kappa shape index (κ2) is 7.21. The van der Waals surface area contributed by atoms with Gasteiger partial charge in [-0.3, -0.25) is 4.79 Å². The minimum Gasteiger partial charge on any atom is -0.352 e. The summed E-state index contributed by atoms with van der Waals surface area (Å²) in [6.45, 7) is 3.35. The van der Waals surface area contributed by atoms with Gasteiger partial charge in [0.2, 0.25) is 11.8 Å². The molecule has 1 amide bonds. The lowest BCUT2D eigenvalue weighted by Crippen LogP contribution is -2.37. The third-order valence-electron chi connectivity index (χ3n) is 5.62. The van der Waals surface area contributed by atoms with Gasteiger partial charge >= 0.3 is 0 Å². The quantitative estimate of drug-likeness (QED) is 0.829. The molecule has 2 saturated carbocycles. The summed E-state index contributed by atoms with van der Waals surface area (Å²) in [4.78, 5) is 19.1. The fourth-order valence-electron chi connectivity index (χ4n) is 4.07. The fraction of sp³-hybridized carbons (Fsp3) is 0.833. The lowest BCUT2D eigenvalue weighted by molar-refractivity contribution is -0.121. The van der Waals surface area contributed by atoms with Gasteiger partial charge in [-0.05, 0) is 38.0 Å². The van der Waals surface area contributed by atoms with Crippen LogP contribution in [0.1, 0.15) is 69.0 Å². The first-order valence-electron chi connectivity index (χ1n) is 9.60. The van der Waals surface area contributed by atoms with Crippen LogP contribution in [0.3, 0.4) is 0 Å². The first kappa shape index (κ1) is 16.1. The molecule has 6 heteroatoms. The maximum atomic E-state index is 12.2. The Labute approximate surface area is 143 Å². The molecule has 1 aliphatic heterocycles. The number of nitrogens with zero attached hydrogens (tertiary/aromatic N) is 3. The van der Waals surface area contributed by atoms with E-state index in [4.69, 9.17) is 4.52 Å². The molecule has 1 aromatic heterocycles. The molecule has 2 aliphatic carbocycles. The van der Waals surface area contributed by atoms with E-state index in [9.17, 15) is 4.79 Å². The molecular weight excluding hydrogens is 304 g/mol. The van der Waals surface area contributed by atoms with Crippen molar-refractivity contribution in [3.05, 3.63) is 11.7 Å². The van der Waals surface area contributed by atoms with E-state index in [1.165, 1.54) is 45.1 Å². The Kier molecular flexibility index (Phi) is 4.83. The number of nitrogens with one attached hydrogen (secondary N) is 1. The number of hydrogen-bond donors (Lipinski definition) is 1. The van der Waals surface area contributed by atoms with Crippen molar-refractivity contribution in [2.24, 2.45) is 5.92 Å². The fourth-order valence-corrected chi connectivity index (χ4v) is 4.07. The summed E-state index contributed by atoms with van der Waals surface area (Å²) in [7, 11) is 0. The SMILES string of the molecule is O=C(CCc1nc(C2CC2)no1)N[C@@H]1CCN(CC2CCCC2)C1. The standard InChI is InChI=1S/C18H28N4O2/c23-16(7-8-17-20-18(21-24-17)14-5-6-14)19-15-9-10-22(12-15)11-13-3-1-2-4-13/h13-15H,1-12H2,(H,19,23)/t15-/m1/s1. The van der Waals surface area contributed by atoms with Gasteiger partial charge in [-0.1, -0.05) is 18.0 Å². The van der Waals surface area contributed by atoms with Gasteiger partial charge in [0, 0.05) is 44.4 Å². The van der Waals surface area contributed by atoms with Gasteiger partial charge in [0.25, 0.3) is 0 Å². The predicted molar refractivity (Wildman–Crippen MR) is 89.5 cm³/mol. The van der Waals surface area contributed by atoms with Crippen molar-refractivity contribution in [2.75, 3.05) is 19.6 Å². The normalized spacial score (nSPS) is 25.4. The number of rotatable bonds is 7. The molecule has 0 spiro atoms. The second-order valence-electron chi connectivity index (χ2n) is 7.78. The van der Waals surface area contributed by atoms with Gasteiger partial charge in [-0.2, -0.15) is 4.98 Å². The van der Waals surface area contributed by atoms with Crippen LogP contribution in [-0.4, -0.2) is 46.6 Å². The third-order valence-corrected chi connectivity index (χ3v) is 5.62. The highest BCUT2D eigenvalue weighted by Crippen LogP contribution is 2.38. The molecule has 3 fully saturated rings. The Morgan fingerprint density at radius 1 is 1.21 bits per heavy atom. The summed E-state index contributed by atoms with van der Waals surface area (Å²) in [6.07, 6.45) is 9.96. The van der Waals surface area contributed by atoms with Gasteiger partial charge in [-0.15, -0.1) is 0 Å². The van der Waals surface area contributed by atoms with Crippen molar-refractivity contribution in [2.45, 2.75) is 69.7 Å². The molecule has 1 aromatic rings. The highest BCUT2D eigenvalue weighted by Gasteiger charge is 2.29. The molecular formula is C18H28N4O2. The Hall–Kier alpha value is -1.43. The zero-order valence-corrected chi connectivity index (χ0v) is 14.4. The van der Waals surface area contributed by atoms with E-state index in [0.717, 1.165) is 31.3 Å². The Bertz CT molecular complexity index is 563. The van der Waals surface area contributed by atoms with Crippen LogP contribution in [0, 0.1) is 5.92 Å². The average Bonchev–Trinajstić information content (AvgIpc) is 2.98. The molecule has 0 aromatic carbocycles. The van der Waals surface area contributed by atoms with Crippen LogP contribution in [0.5, 0.6) is 0 Å². The van der Waals surface area contributed by atoms with E-state index in [2.05, 4.69) is 20.4 Å². The van der Waals surface area contributed by atoms with Gasteiger partial charge < -0.3 is 14.7 Å². The van der Waals surface area contributed by atoms with Crippen LogP contribution in [-0.2, 0) is 11.2 Å². The number of carbonyl (C=O) groups is 1. The van der Waals surface area contributed by atoms with Crippen molar-refractivity contribution < 1.29 is 9.32 Å². The Morgan fingerprint density at radius 3 is 2.83 bits per heavy atom. The van der Waals surface area contributed by atoms with Crippen molar-refractivity contribution >= 4 is 5.91 Å². The average molecular weight is 332 g/mol. The van der Waals surface area contributed by atoms with Crippen LogP contribution < -0.4 is 5.32 Å². The molecule has 1 saturated heterocycles. The summed E-state index contributed by atoms with van der Waals surface area (Å²) in [5.74, 6) is 2.91. The van der Waals surface area contributed by atoms with Crippen molar-refractivity contribution in [3.8, 4) is 0 Å². The number of aryl methyl sites for hydroxylation is 1. The lowest BCUT2D eigenvalue weighted by Gasteiger charge is -2.20. The van der Waals surface area contributed by atoms with Crippen molar-refractivity contribution in [3.63, 3.8) is 0 Å². The van der Waals surface area contributed by atoms with Gasteiger partial charge in [0.1, 0.15) is 0 Å². The molecule has 4 rings (SSSR count). The Morgan fingerprint density at radius 2 is 2.04 bits per heavy atom. The summed E-state index contributed by atoms with van der Waals surface area (Å²) >= 11 is 0. The van der Waals surface area contributed by atoms with E-state index in [1.807, 2.05) is 0 Å². The minimum atomic E-state index is 0.105. The van der Waals surface area contributed by atoms with Gasteiger partial charge in [0.15, 0.2) is 5.82 Å². The van der Waals surface area contributed by atoms with Crippen LogP contribution in [0.2, 0.25) is 0 Å². The van der Waals surface area contributed by atoms with Crippen LogP contribution in [0.15, 0.2) is 4.52 Å². The number of amides is 1. The molecule has 1 atom stereocenters. The first-order chi connectivity index (χ1) is 11.8. The molecule has 2 heterocycles. The van der Waals surface area contributed by atoms with E-state index >= 15 is 0 Å². The second-order valence-corrected chi connectivity index (χ2v) is 7.78. The van der Waals surface area contributed by atoms with Crippen LogP contribution in [0.4, 0.5) is 0 Å². The third kappa shape index (κ3) is 4.15. The van der Waals surface area contributed by atoms with Crippen molar-refractivity contribution in [1.29, 1.82) is 0 Å². The largest absolute Gasteiger partial charge is 0.352 e. The van der Waals surface area contributed by atoms with Crippen LogP contribution >= 0.6 is 0 Å². The van der Waals surface area contributed by atoms with Gasteiger partial charge in [-0.25, -0.2) is 0 Å². The number of carbonyl (C=O) groups excluding carboxylic acids is 1. The number of likely N-dealkylation sites (tertiary alicyclic amines) is 1. The topological polar surface area (TPSA) is 71.3 Å². The summed E-state index contributed by atoms with van der Waals surface area (Å²) in [5, 5.41) is 7.17. The van der Waals surface area contributed by atoms with Crippen LogP contribution in [0.25, 0.3) is 0 Å². The first-order valence-corrected chi connectivity index (χ1v) is 9.60. The van der Waals surface area contributed by atoms with Gasteiger partial charge in [0.05, 0.1) is 0 Å². The highest BCUT2D eigenvalue weighted by molar-refractivity contribution is 5.76. The number of aromatic nitrogens is 2. The van der Waals surface area contributed by atoms with E-state index in [1.54, 1.807) is 0 Å². The molecule has 3 aliphatic rings. The molecule has 1 N–H and O–H groups in total. The summed E-state index contributed by atoms with van der Waals surface area (Å²) in [5.41, 5.74) is 0. The highest BCUT2D eigenvalue weighted by atomic mass is 16.5. The zero-order valence-electron chi connectivity index (χ0n) is 14.4. The van der Waals surface area contributed by atoms with Crippen molar-refractivity contribution in [1.82, 2.24) is 20.4 Å². The molecule has 24 heavy (non-hydrogen) atoms. The molecule has 132 valence electrons.